The summed E-state index contributed by atoms with van der Waals surface area (Å²) in [6.07, 6.45) is 2.08. The number of anilines is 1. The van der Waals surface area contributed by atoms with E-state index in [0.717, 1.165) is 26.9 Å². The zero-order valence-electron chi connectivity index (χ0n) is 11.2. The average molecular weight is 417 g/mol. The molecule has 0 fully saturated rings. The van der Waals surface area contributed by atoms with Gasteiger partial charge in [0.25, 0.3) is 0 Å². The second kappa shape index (κ2) is 7.38. The fourth-order valence-electron chi connectivity index (χ4n) is 1.90. The van der Waals surface area contributed by atoms with E-state index in [1.165, 1.54) is 10.5 Å². The van der Waals surface area contributed by atoms with Crippen molar-refractivity contribution in [2.75, 3.05) is 18.7 Å². The summed E-state index contributed by atoms with van der Waals surface area (Å²) in [6, 6.07) is 12.4. The third-order valence-corrected chi connectivity index (χ3v) is 4.83. The van der Waals surface area contributed by atoms with E-state index in [4.69, 9.17) is 4.74 Å². The molecule has 0 aliphatic heterocycles. The summed E-state index contributed by atoms with van der Waals surface area (Å²) in [5.74, 6) is 0.818. The number of methoxy groups -OCH3 is 1. The predicted octanol–water partition coefficient (Wildman–Crippen LogP) is 5.55. The van der Waals surface area contributed by atoms with Crippen LogP contribution >= 0.6 is 43.6 Å². The Morgan fingerprint density at radius 1 is 1.15 bits per heavy atom. The smallest absolute Gasteiger partial charge is 0.147 e. The molecule has 0 atom stereocenters. The number of benzene rings is 2. The first-order chi connectivity index (χ1) is 9.65. The van der Waals surface area contributed by atoms with Crippen LogP contribution in [-0.4, -0.2) is 13.4 Å². The van der Waals surface area contributed by atoms with Crippen molar-refractivity contribution in [3.05, 3.63) is 50.9 Å². The van der Waals surface area contributed by atoms with Crippen LogP contribution < -0.4 is 10.1 Å². The number of halogens is 2. The average Bonchev–Trinajstić information content (AvgIpc) is 2.45. The van der Waals surface area contributed by atoms with Crippen LogP contribution in [0.15, 0.2) is 50.2 Å². The molecule has 0 spiro atoms. The Hall–Kier alpha value is -0.650. The SMILES string of the molecule is COc1c(Br)cc(CNc2ccccc2SC)cc1Br. The molecule has 0 saturated carbocycles. The quantitative estimate of drug-likeness (QED) is 0.645. The van der Waals surface area contributed by atoms with Gasteiger partial charge in [-0.05, 0) is 67.9 Å². The van der Waals surface area contributed by atoms with Gasteiger partial charge in [0.2, 0.25) is 0 Å². The van der Waals surface area contributed by atoms with Gasteiger partial charge in [0.1, 0.15) is 5.75 Å². The highest BCUT2D eigenvalue weighted by molar-refractivity contribution is 9.11. The maximum atomic E-state index is 5.31. The number of nitrogens with one attached hydrogen (secondary N) is 1. The maximum Gasteiger partial charge on any atom is 0.147 e. The molecule has 0 amide bonds. The van der Waals surface area contributed by atoms with Crippen molar-refractivity contribution in [3.63, 3.8) is 0 Å². The van der Waals surface area contributed by atoms with Crippen LogP contribution in [0.25, 0.3) is 0 Å². The summed E-state index contributed by atoms with van der Waals surface area (Å²) in [5, 5.41) is 3.47. The second-order valence-electron chi connectivity index (χ2n) is 4.15. The van der Waals surface area contributed by atoms with Crippen molar-refractivity contribution in [1.82, 2.24) is 0 Å². The molecule has 20 heavy (non-hydrogen) atoms. The van der Waals surface area contributed by atoms with Crippen LogP contribution in [0.1, 0.15) is 5.56 Å². The maximum absolute atomic E-state index is 5.31. The fourth-order valence-corrected chi connectivity index (χ4v) is 4.08. The molecule has 0 heterocycles. The predicted molar refractivity (Wildman–Crippen MR) is 93.9 cm³/mol. The molecule has 0 saturated heterocycles. The lowest BCUT2D eigenvalue weighted by Crippen LogP contribution is -2.01. The Morgan fingerprint density at radius 3 is 2.40 bits per heavy atom. The standard InChI is InChI=1S/C15H15Br2NOS/c1-19-15-11(16)7-10(8-12(15)17)9-18-13-5-3-4-6-14(13)20-2/h3-8,18H,9H2,1-2H3. The van der Waals surface area contributed by atoms with Crippen molar-refractivity contribution in [1.29, 1.82) is 0 Å². The summed E-state index contributed by atoms with van der Waals surface area (Å²) in [7, 11) is 1.66. The molecular weight excluding hydrogens is 402 g/mol. The van der Waals surface area contributed by atoms with E-state index in [1.54, 1.807) is 18.9 Å². The van der Waals surface area contributed by atoms with E-state index < -0.39 is 0 Å². The summed E-state index contributed by atoms with van der Waals surface area (Å²) in [4.78, 5) is 1.25. The zero-order valence-corrected chi connectivity index (χ0v) is 15.2. The number of para-hydroxylation sites is 1. The lowest BCUT2D eigenvalue weighted by atomic mass is 10.2. The molecular formula is C15H15Br2NOS. The number of ether oxygens (including phenoxy) is 1. The molecule has 0 bridgehead atoms. The molecule has 2 nitrogen and oxygen atoms in total. The minimum absolute atomic E-state index is 0.763. The van der Waals surface area contributed by atoms with Gasteiger partial charge in [-0.25, -0.2) is 0 Å². The minimum atomic E-state index is 0.763. The monoisotopic (exact) mass is 415 g/mol. The van der Waals surface area contributed by atoms with Crippen molar-refractivity contribution in [2.24, 2.45) is 0 Å². The minimum Gasteiger partial charge on any atom is -0.494 e. The van der Waals surface area contributed by atoms with E-state index in [-0.39, 0.29) is 0 Å². The molecule has 0 unspecified atom stereocenters. The molecule has 0 aromatic heterocycles. The Labute approximate surface area is 140 Å². The Balaban J connectivity index is 2.15. The largest absolute Gasteiger partial charge is 0.494 e. The zero-order chi connectivity index (χ0) is 14.5. The first-order valence-corrected chi connectivity index (χ1v) is 8.85. The number of hydrogen-bond donors (Lipinski definition) is 1. The third kappa shape index (κ3) is 3.71. The summed E-state index contributed by atoms with van der Waals surface area (Å²) < 4.78 is 7.21. The molecule has 2 rings (SSSR count). The fraction of sp³-hybridized carbons (Fsp3) is 0.200. The van der Waals surface area contributed by atoms with Gasteiger partial charge >= 0.3 is 0 Å². The summed E-state index contributed by atoms with van der Waals surface area (Å²) in [6.45, 7) is 0.763. The van der Waals surface area contributed by atoms with E-state index in [2.05, 4.69) is 73.8 Å². The lowest BCUT2D eigenvalue weighted by molar-refractivity contribution is 0.409. The lowest BCUT2D eigenvalue weighted by Gasteiger charge is -2.12. The molecule has 1 N–H and O–H groups in total. The van der Waals surface area contributed by atoms with Crippen molar-refractivity contribution < 1.29 is 4.74 Å². The number of rotatable bonds is 5. The van der Waals surface area contributed by atoms with Crippen LogP contribution in [0.5, 0.6) is 5.75 Å². The van der Waals surface area contributed by atoms with Gasteiger partial charge in [-0.15, -0.1) is 11.8 Å². The highest BCUT2D eigenvalue weighted by atomic mass is 79.9. The van der Waals surface area contributed by atoms with Crippen LogP contribution in [0, 0.1) is 0 Å². The van der Waals surface area contributed by atoms with Crippen molar-refractivity contribution in [3.8, 4) is 5.75 Å². The van der Waals surface area contributed by atoms with Crippen LogP contribution in [0.2, 0.25) is 0 Å². The highest BCUT2D eigenvalue weighted by Crippen LogP contribution is 2.34. The Morgan fingerprint density at radius 2 is 1.80 bits per heavy atom. The Kier molecular flexibility index (Phi) is 5.81. The first-order valence-electron chi connectivity index (χ1n) is 6.04. The Bertz CT molecular complexity index is 581. The molecule has 2 aromatic rings. The molecule has 2 aromatic carbocycles. The molecule has 0 radical (unpaired) electrons. The van der Waals surface area contributed by atoms with Crippen LogP contribution in [0.3, 0.4) is 0 Å². The molecule has 0 aliphatic rings. The van der Waals surface area contributed by atoms with Gasteiger partial charge in [-0.1, -0.05) is 12.1 Å². The van der Waals surface area contributed by atoms with Crippen LogP contribution in [-0.2, 0) is 6.54 Å². The van der Waals surface area contributed by atoms with Gasteiger partial charge in [0, 0.05) is 17.1 Å². The topological polar surface area (TPSA) is 21.3 Å². The van der Waals surface area contributed by atoms with Gasteiger partial charge in [0.15, 0.2) is 0 Å². The van der Waals surface area contributed by atoms with E-state index >= 15 is 0 Å². The second-order valence-corrected chi connectivity index (χ2v) is 6.70. The summed E-state index contributed by atoms with van der Waals surface area (Å²) >= 11 is 8.79. The first kappa shape index (κ1) is 15.7. The third-order valence-electron chi connectivity index (χ3n) is 2.85. The molecule has 106 valence electrons. The van der Waals surface area contributed by atoms with Crippen molar-refractivity contribution >= 4 is 49.3 Å². The van der Waals surface area contributed by atoms with Gasteiger partial charge in [-0.2, -0.15) is 0 Å². The van der Waals surface area contributed by atoms with Gasteiger partial charge in [0.05, 0.1) is 16.1 Å². The normalized spacial score (nSPS) is 10.4. The number of thioether (sulfide) groups is 1. The van der Waals surface area contributed by atoms with E-state index in [0.29, 0.717) is 0 Å². The molecule has 0 aliphatic carbocycles. The van der Waals surface area contributed by atoms with Gasteiger partial charge < -0.3 is 10.1 Å². The number of hydrogen-bond acceptors (Lipinski definition) is 3. The summed E-state index contributed by atoms with van der Waals surface area (Å²) in [5.41, 5.74) is 2.34. The van der Waals surface area contributed by atoms with Crippen LogP contribution in [0.4, 0.5) is 5.69 Å². The highest BCUT2D eigenvalue weighted by Gasteiger charge is 2.08. The van der Waals surface area contributed by atoms with E-state index in [1.807, 2.05) is 6.07 Å². The van der Waals surface area contributed by atoms with E-state index in [9.17, 15) is 0 Å². The van der Waals surface area contributed by atoms with Gasteiger partial charge in [-0.3, -0.25) is 0 Å². The molecule has 5 heteroatoms. The van der Waals surface area contributed by atoms with Crippen molar-refractivity contribution in [2.45, 2.75) is 11.4 Å².